The Morgan fingerprint density at radius 3 is 2.39 bits per heavy atom. The Morgan fingerprint density at radius 2 is 1.75 bits per heavy atom. The number of hydrogen-bond donors (Lipinski definition) is 3. The smallest absolute Gasteiger partial charge is 0.386 e. The van der Waals surface area contributed by atoms with Gasteiger partial charge in [-0.05, 0) is 88.6 Å². The van der Waals surface area contributed by atoms with E-state index in [9.17, 15) is 18.3 Å². The van der Waals surface area contributed by atoms with Crippen LogP contribution in [-0.2, 0) is 12.1 Å². The molecular formula is C28H33F3N4O. The zero-order valence-electron chi connectivity index (χ0n) is 20.9. The molecule has 1 fully saturated rings. The average Bonchev–Trinajstić information content (AvgIpc) is 3.15. The minimum Gasteiger partial charge on any atom is -0.386 e. The number of anilines is 2. The lowest BCUT2D eigenvalue weighted by Crippen LogP contribution is -2.36. The number of aliphatic hydroxyl groups is 1. The van der Waals surface area contributed by atoms with Gasteiger partial charge in [0.2, 0.25) is 0 Å². The molecule has 0 bridgehead atoms. The molecule has 1 aromatic heterocycles. The second-order valence-electron chi connectivity index (χ2n) is 9.98. The molecule has 0 spiro atoms. The highest BCUT2D eigenvalue weighted by atomic mass is 19.4. The Balaban J connectivity index is 1.55. The summed E-state index contributed by atoms with van der Waals surface area (Å²) in [5, 5.41) is 17.5. The Morgan fingerprint density at radius 1 is 1.06 bits per heavy atom. The van der Waals surface area contributed by atoms with E-state index in [0.717, 1.165) is 48.3 Å². The molecule has 1 aliphatic rings. The lowest BCUT2D eigenvalue weighted by Gasteiger charge is -2.30. The topological polar surface area (TPSA) is 52.5 Å². The van der Waals surface area contributed by atoms with Crippen LogP contribution in [0, 0.1) is 11.8 Å². The van der Waals surface area contributed by atoms with Gasteiger partial charge < -0.3 is 25.2 Å². The van der Waals surface area contributed by atoms with Gasteiger partial charge in [-0.1, -0.05) is 24.1 Å². The standard InChI is InChI=1S/C28H33F3N4O/c1-27(2,36)20-9-11-21(12-10-20)32-15-5-6-23-18-24-25(33-22-13-16-34(3)17-14-22)7-4-8-26(24)35(23)19-28(29,30)31/h4,7-12,18,22,32-33,36H,13-17,19H2,1-3H3. The maximum Gasteiger partial charge on any atom is 0.406 e. The predicted octanol–water partition coefficient (Wildman–Crippen LogP) is 5.40. The van der Waals surface area contributed by atoms with E-state index in [1.165, 1.54) is 4.57 Å². The first kappa shape index (κ1) is 25.9. The highest BCUT2D eigenvalue weighted by Crippen LogP contribution is 2.31. The van der Waals surface area contributed by atoms with Gasteiger partial charge in [-0.15, -0.1) is 0 Å². The zero-order chi connectivity index (χ0) is 25.9. The number of halogens is 3. The van der Waals surface area contributed by atoms with Gasteiger partial charge in [0.15, 0.2) is 0 Å². The molecule has 0 saturated carbocycles. The van der Waals surface area contributed by atoms with Crippen molar-refractivity contribution in [2.24, 2.45) is 0 Å². The Kier molecular flexibility index (Phi) is 7.53. The van der Waals surface area contributed by atoms with Gasteiger partial charge in [-0.25, -0.2) is 0 Å². The second kappa shape index (κ2) is 10.5. The molecule has 3 N–H and O–H groups in total. The summed E-state index contributed by atoms with van der Waals surface area (Å²) in [7, 11) is 2.10. The summed E-state index contributed by atoms with van der Waals surface area (Å²) in [4.78, 5) is 2.28. The minimum absolute atomic E-state index is 0.274. The van der Waals surface area contributed by atoms with E-state index in [1.54, 1.807) is 32.0 Å². The van der Waals surface area contributed by atoms with Crippen LogP contribution < -0.4 is 10.6 Å². The number of alkyl halides is 3. The predicted molar refractivity (Wildman–Crippen MR) is 139 cm³/mol. The summed E-state index contributed by atoms with van der Waals surface area (Å²) in [6, 6.07) is 14.8. The quantitative estimate of drug-likeness (QED) is 0.399. The van der Waals surface area contributed by atoms with Crippen LogP contribution in [0.4, 0.5) is 24.5 Å². The molecule has 0 amide bonds. The molecule has 1 saturated heterocycles. The van der Waals surface area contributed by atoms with Gasteiger partial charge in [0.05, 0.1) is 23.4 Å². The lowest BCUT2D eigenvalue weighted by atomic mass is 9.98. The fourth-order valence-electron chi connectivity index (χ4n) is 4.51. The van der Waals surface area contributed by atoms with Gasteiger partial charge in [0.25, 0.3) is 0 Å². The number of fused-ring (bicyclic) bond motifs is 1. The van der Waals surface area contributed by atoms with E-state index in [0.29, 0.717) is 17.3 Å². The minimum atomic E-state index is -4.36. The number of nitrogens with one attached hydrogen (secondary N) is 2. The van der Waals surface area contributed by atoms with Crippen molar-refractivity contribution in [3.63, 3.8) is 0 Å². The normalized spacial score (nSPS) is 15.5. The van der Waals surface area contributed by atoms with E-state index in [4.69, 9.17) is 0 Å². The van der Waals surface area contributed by atoms with Crippen LogP contribution in [0.15, 0.2) is 48.5 Å². The molecule has 5 nitrogen and oxygen atoms in total. The Labute approximate surface area is 210 Å². The van der Waals surface area contributed by atoms with Gasteiger partial charge >= 0.3 is 6.18 Å². The SMILES string of the molecule is CN1CCC(Nc2cccc3c2cc(C#CCNc2ccc(C(C)(C)O)cc2)n3CC(F)(F)F)CC1. The van der Waals surface area contributed by atoms with Gasteiger partial charge in [0, 0.05) is 22.8 Å². The van der Waals surface area contributed by atoms with Crippen LogP contribution in [0.2, 0.25) is 0 Å². The zero-order valence-corrected chi connectivity index (χ0v) is 20.9. The first-order valence-electron chi connectivity index (χ1n) is 12.2. The maximum absolute atomic E-state index is 13.4. The summed E-state index contributed by atoms with van der Waals surface area (Å²) < 4.78 is 41.6. The summed E-state index contributed by atoms with van der Waals surface area (Å²) >= 11 is 0. The fourth-order valence-corrected chi connectivity index (χ4v) is 4.51. The highest BCUT2D eigenvalue weighted by molar-refractivity contribution is 5.94. The molecule has 0 atom stereocenters. The van der Waals surface area contributed by atoms with Crippen molar-refractivity contribution in [3.05, 3.63) is 59.8 Å². The molecule has 3 aromatic rings. The van der Waals surface area contributed by atoms with Crippen molar-refractivity contribution in [3.8, 4) is 11.8 Å². The van der Waals surface area contributed by atoms with Crippen molar-refractivity contribution in [2.75, 3.05) is 37.3 Å². The molecule has 36 heavy (non-hydrogen) atoms. The first-order valence-corrected chi connectivity index (χ1v) is 12.2. The summed E-state index contributed by atoms with van der Waals surface area (Å²) in [5.74, 6) is 5.91. The molecule has 192 valence electrons. The Hall–Kier alpha value is -3.15. The molecule has 1 aliphatic heterocycles. The third-order valence-electron chi connectivity index (χ3n) is 6.55. The Bertz CT molecular complexity index is 1240. The second-order valence-corrected chi connectivity index (χ2v) is 9.98. The maximum atomic E-state index is 13.4. The number of piperidine rings is 1. The fraction of sp³-hybridized carbons (Fsp3) is 0.429. The van der Waals surface area contributed by atoms with E-state index < -0.39 is 18.3 Å². The summed E-state index contributed by atoms with van der Waals surface area (Å²) in [6.07, 6.45) is -2.38. The number of hydrogen-bond acceptors (Lipinski definition) is 4. The molecule has 0 radical (unpaired) electrons. The molecule has 8 heteroatoms. The number of aromatic nitrogens is 1. The molecule has 4 rings (SSSR count). The van der Waals surface area contributed by atoms with E-state index in [2.05, 4.69) is 34.4 Å². The first-order chi connectivity index (χ1) is 17.0. The summed E-state index contributed by atoms with van der Waals surface area (Å²) in [5.41, 5.74) is 2.38. The highest BCUT2D eigenvalue weighted by Gasteiger charge is 2.30. The lowest BCUT2D eigenvalue weighted by molar-refractivity contribution is -0.140. The van der Waals surface area contributed by atoms with Crippen molar-refractivity contribution >= 4 is 22.3 Å². The number of likely N-dealkylation sites (tertiary alicyclic amines) is 1. The molecule has 0 aliphatic carbocycles. The number of benzene rings is 2. The number of nitrogens with zero attached hydrogens (tertiary/aromatic N) is 2. The van der Waals surface area contributed by atoms with Crippen LogP contribution >= 0.6 is 0 Å². The monoisotopic (exact) mass is 498 g/mol. The van der Waals surface area contributed by atoms with Crippen LogP contribution in [0.5, 0.6) is 0 Å². The van der Waals surface area contributed by atoms with Crippen LogP contribution in [0.25, 0.3) is 10.9 Å². The van der Waals surface area contributed by atoms with Crippen molar-refractivity contribution in [1.29, 1.82) is 0 Å². The van der Waals surface area contributed by atoms with E-state index in [-0.39, 0.29) is 6.54 Å². The summed E-state index contributed by atoms with van der Waals surface area (Å²) in [6.45, 7) is 4.60. The van der Waals surface area contributed by atoms with Gasteiger partial charge in [-0.3, -0.25) is 0 Å². The molecular weight excluding hydrogens is 465 g/mol. The van der Waals surface area contributed by atoms with Crippen molar-refractivity contribution in [2.45, 2.75) is 51.1 Å². The van der Waals surface area contributed by atoms with Crippen molar-refractivity contribution in [1.82, 2.24) is 9.47 Å². The largest absolute Gasteiger partial charge is 0.406 e. The molecule has 2 aromatic carbocycles. The van der Waals surface area contributed by atoms with Crippen LogP contribution in [0.3, 0.4) is 0 Å². The average molecular weight is 499 g/mol. The third kappa shape index (κ3) is 6.54. The van der Waals surface area contributed by atoms with E-state index in [1.807, 2.05) is 30.3 Å². The van der Waals surface area contributed by atoms with Gasteiger partial charge in [0.1, 0.15) is 6.54 Å². The van der Waals surface area contributed by atoms with Gasteiger partial charge in [-0.2, -0.15) is 13.2 Å². The van der Waals surface area contributed by atoms with Crippen molar-refractivity contribution < 1.29 is 18.3 Å². The third-order valence-corrected chi connectivity index (χ3v) is 6.55. The van der Waals surface area contributed by atoms with Crippen LogP contribution in [-0.4, -0.2) is 53.5 Å². The molecule has 2 heterocycles. The van der Waals surface area contributed by atoms with E-state index >= 15 is 0 Å². The van der Waals surface area contributed by atoms with Crippen LogP contribution in [0.1, 0.15) is 37.9 Å². The molecule has 0 unspecified atom stereocenters. The number of rotatable bonds is 6.